The van der Waals surface area contributed by atoms with Gasteiger partial charge in [0.15, 0.2) is 5.96 Å². The second-order valence-corrected chi connectivity index (χ2v) is 7.46. The lowest BCUT2D eigenvalue weighted by Gasteiger charge is -2.36. The molecule has 0 radical (unpaired) electrons. The number of methoxy groups -OCH3 is 1. The fourth-order valence-electron chi connectivity index (χ4n) is 4.13. The normalized spacial score (nSPS) is 27.2. The van der Waals surface area contributed by atoms with E-state index in [0.717, 1.165) is 56.8 Å². The first-order valence-corrected chi connectivity index (χ1v) is 9.29. The minimum Gasteiger partial charge on any atom is -0.469 e. The van der Waals surface area contributed by atoms with Crippen molar-refractivity contribution in [3.63, 3.8) is 0 Å². The van der Waals surface area contributed by atoms with E-state index in [0.29, 0.717) is 0 Å². The SMILES string of the molecule is CN=C(NCCN1CC(C)CC(C)C1)N1CCC(C(=O)OC)CC1. The number of aliphatic imine (C=N–C) groups is 1. The minimum absolute atomic E-state index is 0.0423. The van der Waals surface area contributed by atoms with Crippen LogP contribution in [0.5, 0.6) is 0 Å². The maximum Gasteiger partial charge on any atom is 0.308 e. The van der Waals surface area contributed by atoms with Crippen LogP contribution in [0.1, 0.15) is 33.1 Å². The van der Waals surface area contributed by atoms with E-state index >= 15 is 0 Å². The summed E-state index contributed by atoms with van der Waals surface area (Å²) >= 11 is 0. The van der Waals surface area contributed by atoms with Crippen LogP contribution in [0.25, 0.3) is 0 Å². The molecule has 2 saturated heterocycles. The smallest absolute Gasteiger partial charge is 0.308 e. The summed E-state index contributed by atoms with van der Waals surface area (Å²) in [7, 11) is 3.30. The number of nitrogens with one attached hydrogen (secondary N) is 1. The van der Waals surface area contributed by atoms with E-state index in [9.17, 15) is 4.79 Å². The van der Waals surface area contributed by atoms with E-state index in [1.54, 1.807) is 0 Å². The van der Waals surface area contributed by atoms with Gasteiger partial charge in [0.2, 0.25) is 0 Å². The molecule has 2 unspecified atom stereocenters. The third-order valence-electron chi connectivity index (χ3n) is 5.20. The maximum absolute atomic E-state index is 11.6. The van der Waals surface area contributed by atoms with Crippen molar-refractivity contribution >= 4 is 11.9 Å². The predicted octanol–water partition coefficient (Wildman–Crippen LogP) is 1.42. The van der Waals surface area contributed by atoms with Gasteiger partial charge in [-0.05, 0) is 31.1 Å². The zero-order chi connectivity index (χ0) is 17.5. The Kier molecular flexibility index (Phi) is 7.34. The quantitative estimate of drug-likeness (QED) is 0.477. The second kappa shape index (κ2) is 9.25. The van der Waals surface area contributed by atoms with E-state index in [1.165, 1.54) is 26.6 Å². The van der Waals surface area contributed by atoms with Crippen molar-refractivity contribution in [2.45, 2.75) is 33.1 Å². The molecule has 2 heterocycles. The molecule has 2 aliphatic rings. The summed E-state index contributed by atoms with van der Waals surface area (Å²) in [6.45, 7) is 10.8. The largest absolute Gasteiger partial charge is 0.469 e. The monoisotopic (exact) mass is 338 g/mol. The first-order valence-electron chi connectivity index (χ1n) is 9.29. The van der Waals surface area contributed by atoms with Crippen LogP contribution in [0, 0.1) is 17.8 Å². The number of ether oxygens (including phenoxy) is 1. The van der Waals surface area contributed by atoms with Gasteiger partial charge in [-0.2, -0.15) is 0 Å². The Bertz CT molecular complexity index is 423. The molecule has 6 heteroatoms. The molecule has 6 nitrogen and oxygen atoms in total. The topological polar surface area (TPSA) is 57.2 Å². The Morgan fingerprint density at radius 3 is 2.38 bits per heavy atom. The first-order chi connectivity index (χ1) is 11.5. The molecule has 1 N–H and O–H groups in total. The Morgan fingerprint density at radius 2 is 1.83 bits per heavy atom. The molecule has 0 bridgehead atoms. The lowest BCUT2D eigenvalue weighted by molar-refractivity contribution is -0.146. The molecule has 0 aromatic heterocycles. The van der Waals surface area contributed by atoms with Crippen LogP contribution in [0.3, 0.4) is 0 Å². The van der Waals surface area contributed by atoms with Crippen molar-refractivity contribution in [1.29, 1.82) is 0 Å². The number of rotatable bonds is 4. The maximum atomic E-state index is 11.6. The van der Waals surface area contributed by atoms with Crippen LogP contribution >= 0.6 is 0 Å². The number of likely N-dealkylation sites (tertiary alicyclic amines) is 2. The number of esters is 1. The van der Waals surface area contributed by atoms with Crippen LogP contribution in [-0.4, -0.2) is 75.2 Å². The highest BCUT2D eigenvalue weighted by Gasteiger charge is 2.27. The summed E-state index contributed by atoms with van der Waals surface area (Å²) in [5.74, 6) is 2.51. The molecular formula is C18H34N4O2. The van der Waals surface area contributed by atoms with Gasteiger partial charge in [-0.3, -0.25) is 9.79 Å². The third kappa shape index (κ3) is 5.36. The highest BCUT2D eigenvalue weighted by molar-refractivity contribution is 5.80. The van der Waals surface area contributed by atoms with Gasteiger partial charge in [0.25, 0.3) is 0 Å². The lowest BCUT2D eigenvalue weighted by Crippen LogP contribution is -2.49. The summed E-state index contributed by atoms with van der Waals surface area (Å²) in [4.78, 5) is 20.8. The highest BCUT2D eigenvalue weighted by atomic mass is 16.5. The molecule has 0 aliphatic carbocycles. The Labute approximate surface area is 146 Å². The van der Waals surface area contributed by atoms with E-state index in [1.807, 2.05) is 7.05 Å². The predicted molar refractivity (Wildman–Crippen MR) is 97.1 cm³/mol. The van der Waals surface area contributed by atoms with Crippen LogP contribution in [0.4, 0.5) is 0 Å². The van der Waals surface area contributed by atoms with E-state index in [4.69, 9.17) is 4.74 Å². The fraction of sp³-hybridized carbons (Fsp3) is 0.889. The molecule has 0 aromatic carbocycles. The summed E-state index contributed by atoms with van der Waals surface area (Å²) in [5.41, 5.74) is 0. The van der Waals surface area contributed by atoms with Crippen molar-refractivity contribution in [3.8, 4) is 0 Å². The number of hydrogen-bond acceptors (Lipinski definition) is 4. The van der Waals surface area contributed by atoms with Gasteiger partial charge < -0.3 is 19.9 Å². The van der Waals surface area contributed by atoms with E-state index in [2.05, 4.69) is 34.0 Å². The molecule has 138 valence electrons. The molecule has 24 heavy (non-hydrogen) atoms. The van der Waals surface area contributed by atoms with Gasteiger partial charge >= 0.3 is 5.97 Å². The number of nitrogens with zero attached hydrogens (tertiary/aromatic N) is 3. The van der Waals surface area contributed by atoms with Crippen LogP contribution in [0.15, 0.2) is 4.99 Å². The zero-order valence-corrected chi connectivity index (χ0v) is 15.8. The third-order valence-corrected chi connectivity index (χ3v) is 5.20. The summed E-state index contributed by atoms with van der Waals surface area (Å²) in [5, 5.41) is 3.49. The van der Waals surface area contributed by atoms with Crippen molar-refractivity contribution in [3.05, 3.63) is 0 Å². The molecular weight excluding hydrogens is 304 g/mol. The van der Waals surface area contributed by atoms with E-state index < -0.39 is 0 Å². The van der Waals surface area contributed by atoms with Crippen LogP contribution < -0.4 is 5.32 Å². The number of piperidine rings is 2. The number of hydrogen-bond donors (Lipinski definition) is 1. The average Bonchev–Trinajstić information content (AvgIpc) is 2.57. The van der Waals surface area contributed by atoms with E-state index in [-0.39, 0.29) is 11.9 Å². The van der Waals surface area contributed by atoms with Crippen LogP contribution in [0.2, 0.25) is 0 Å². The minimum atomic E-state index is -0.0778. The van der Waals surface area contributed by atoms with Gasteiger partial charge in [0.05, 0.1) is 13.0 Å². The summed E-state index contributed by atoms with van der Waals surface area (Å²) < 4.78 is 4.85. The molecule has 0 aromatic rings. The number of carbonyl (C=O) groups is 1. The Hall–Kier alpha value is -1.30. The molecule has 2 fully saturated rings. The fourth-order valence-corrected chi connectivity index (χ4v) is 4.13. The van der Waals surface area contributed by atoms with Gasteiger partial charge in [-0.15, -0.1) is 0 Å². The van der Waals surface area contributed by atoms with Crippen LogP contribution in [-0.2, 0) is 9.53 Å². The first kappa shape index (κ1) is 19.0. The van der Waals surface area contributed by atoms with Crippen molar-refractivity contribution in [1.82, 2.24) is 15.1 Å². The molecule has 0 spiro atoms. The summed E-state index contributed by atoms with van der Waals surface area (Å²) in [6.07, 6.45) is 3.03. The van der Waals surface area contributed by atoms with Gasteiger partial charge in [-0.25, -0.2) is 0 Å². The molecule has 2 atom stereocenters. The zero-order valence-electron chi connectivity index (χ0n) is 15.8. The average molecular weight is 338 g/mol. The van der Waals surface area contributed by atoms with Gasteiger partial charge in [0, 0.05) is 46.3 Å². The molecule has 0 amide bonds. The van der Waals surface area contributed by atoms with Gasteiger partial charge in [0.1, 0.15) is 0 Å². The lowest BCUT2D eigenvalue weighted by atomic mass is 9.92. The van der Waals surface area contributed by atoms with Gasteiger partial charge in [-0.1, -0.05) is 13.8 Å². The Balaban J connectivity index is 1.72. The molecule has 2 rings (SSSR count). The number of carbonyl (C=O) groups excluding carboxylic acids is 1. The standard InChI is InChI=1S/C18H34N4O2/c1-14-11-15(2)13-21(12-14)10-7-20-18(19-3)22-8-5-16(6-9-22)17(23)24-4/h14-16H,5-13H2,1-4H3,(H,19,20). The van der Waals surface area contributed by atoms with Crippen molar-refractivity contribution < 1.29 is 9.53 Å². The molecule has 2 aliphatic heterocycles. The van der Waals surface area contributed by atoms with Crippen molar-refractivity contribution in [2.24, 2.45) is 22.7 Å². The Morgan fingerprint density at radius 1 is 1.21 bits per heavy atom. The molecule has 0 saturated carbocycles. The number of guanidine groups is 1. The summed E-state index contributed by atoms with van der Waals surface area (Å²) in [6, 6.07) is 0. The second-order valence-electron chi connectivity index (χ2n) is 7.46. The highest BCUT2D eigenvalue weighted by Crippen LogP contribution is 2.20. The van der Waals surface area contributed by atoms with Crippen molar-refractivity contribution in [2.75, 3.05) is 53.4 Å².